The summed E-state index contributed by atoms with van der Waals surface area (Å²) >= 11 is 1.43. The number of piperidine rings is 1. The van der Waals surface area contributed by atoms with Gasteiger partial charge in [0.2, 0.25) is 5.91 Å². The molecule has 1 aromatic heterocycles. The first-order valence-corrected chi connectivity index (χ1v) is 8.48. The van der Waals surface area contributed by atoms with E-state index in [2.05, 4.69) is 10.9 Å². The molecular formula is C15H22N4O3S. The van der Waals surface area contributed by atoms with E-state index in [-0.39, 0.29) is 24.3 Å². The molecule has 1 aromatic rings. The van der Waals surface area contributed by atoms with Gasteiger partial charge in [-0.2, -0.15) is 0 Å². The van der Waals surface area contributed by atoms with Crippen LogP contribution in [0, 0.1) is 12.8 Å². The summed E-state index contributed by atoms with van der Waals surface area (Å²) in [5.41, 5.74) is 11.2. The third kappa shape index (κ3) is 4.22. The minimum atomic E-state index is -0.521. The number of nitrogens with one attached hydrogen (secondary N) is 2. The summed E-state index contributed by atoms with van der Waals surface area (Å²) in [6.45, 7) is 4.86. The molecule has 2 heterocycles. The second kappa shape index (κ2) is 7.45. The second-order valence-electron chi connectivity index (χ2n) is 5.64. The molecule has 8 heteroatoms. The van der Waals surface area contributed by atoms with E-state index < -0.39 is 6.03 Å². The molecule has 1 aliphatic heterocycles. The van der Waals surface area contributed by atoms with E-state index in [1.807, 2.05) is 19.9 Å². The number of rotatable bonds is 3. The van der Waals surface area contributed by atoms with Crippen molar-refractivity contribution in [2.75, 3.05) is 13.1 Å². The van der Waals surface area contributed by atoms with Gasteiger partial charge in [-0.1, -0.05) is 6.92 Å². The van der Waals surface area contributed by atoms with Crippen LogP contribution in [0.25, 0.3) is 0 Å². The number of aryl methyl sites for hydroxylation is 2. The first kappa shape index (κ1) is 17.3. The van der Waals surface area contributed by atoms with Crippen LogP contribution in [-0.2, 0) is 11.2 Å². The Morgan fingerprint density at radius 1 is 1.39 bits per heavy atom. The number of nitrogens with two attached hydrogens (primary N) is 1. The summed E-state index contributed by atoms with van der Waals surface area (Å²) in [4.78, 5) is 38.6. The normalized spacial score (nSPS) is 17.7. The van der Waals surface area contributed by atoms with Crippen molar-refractivity contribution in [1.29, 1.82) is 0 Å². The molecule has 7 nitrogen and oxygen atoms in total. The zero-order chi connectivity index (χ0) is 17.0. The SMILES string of the molecule is CCc1sc(C(=O)NNC(=O)[C@H]2CCCN(C(N)=O)C2)cc1C. The fourth-order valence-electron chi connectivity index (χ4n) is 2.66. The third-order valence-corrected chi connectivity index (χ3v) is 5.35. The standard InChI is InChI=1S/C15H22N4O3S/c1-3-11-9(2)7-12(23-11)14(21)18-17-13(20)10-5-4-6-19(8-10)15(16)22/h7,10H,3-6,8H2,1-2H3,(H2,16,22)(H,17,20)(H,18,21)/t10-/m0/s1. The number of urea groups is 1. The zero-order valence-electron chi connectivity index (χ0n) is 13.3. The molecule has 0 bridgehead atoms. The van der Waals surface area contributed by atoms with Gasteiger partial charge in [0, 0.05) is 18.0 Å². The van der Waals surface area contributed by atoms with Crippen LogP contribution < -0.4 is 16.6 Å². The van der Waals surface area contributed by atoms with Gasteiger partial charge < -0.3 is 10.6 Å². The predicted octanol–water partition coefficient (Wildman–Crippen LogP) is 1.17. The molecule has 4 amide bonds. The van der Waals surface area contributed by atoms with Crippen LogP contribution >= 0.6 is 11.3 Å². The number of carbonyl (C=O) groups excluding carboxylic acids is 3. The van der Waals surface area contributed by atoms with Gasteiger partial charge in [-0.15, -0.1) is 11.3 Å². The fourth-order valence-corrected chi connectivity index (χ4v) is 3.67. The summed E-state index contributed by atoms with van der Waals surface area (Å²) in [7, 11) is 0. The van der Waals surface area contributed by atoms with E-state index in [1.54, 1.807) is 0 Å². The maximum Gasteiger partial charge on any atom is 0.314 e. The minimum absolute atomic E-state index is 0.287. The highest BCUT2D eigenvalue weighted by atomic mass is 32.1. The molecule has 1 fully saturated rings. The van der Waals surface area contributed by atoms with E-state index in [0.29, 0.717) is 17.8 Å². The first-order chi connectivity index (χ1) is 10.9. The molecule has 0 unspecified atom stereocenters. The summed E-state index contributed by atoms with van der Waals surface area (Å²) < 4.78 is 0. The van der Waals surface area contributed by atoms with Crippen LogP contribution in [0.2, 0.25) is 0 Å². The van der Waals surface area contributed by atoms with Crippen LogP contribution in [0.3, 0.4) is 0 Å². The van der Waals surface area contributed by atoms with Crippen LogP contribution in [0.15, 0.2) is 6.07 Å². The maximum atomic E-state index is 12.1. The molecule has 2 rings (SSSR count). The molecule has 126 valence electrons. The van der Waals surface area contributed by atoms with Crippen molar-refractivity contribution in [3.8, 4) is 0 Å². The van der Waals surface area contributed by atoms with Gasteiger partial charge in [-0.25, -0.2) is 4.79 Å². The van der Waals surface area contributed by atoms with Crippen molar-refractivity contribution in [1.82, 2.24) is 15.8 Å². The molecule has 1 aliphatic rings. The molecular weight excluding hydrogens is 316 g/mol. The van der Waals surface area contributed by atoms with E-state index in [9.17, 15) is 14.4 Å². The molecule has 0 saturated carbocycles. The Morgan fingerprint density at radius 2 is 2.13 bits per heavy atom. The van der Waals surface area contributed by atoms with Crippen molar-refractivity contribution in [2.24, 2.45) is 11.7 Å². The Hall–Kier alpha value is -2.09. The Bertz CT molecular complexity index is 614. The Balaban J connectivity index is 1.88. The minimum Gasteiger partial charge on any atom is -0.351 e. The number of nitrogens with zero attached hydrogens (tertiary/aromatic N) is 1. The Labute approximate surface area is 139 Å². The number of hydrazine groups is 1. The smallest absolute Gasteiger partial charge is 0.314 e. The maximum absolute atomic E-state index is 12.1. The summed E-state index contributed by atoms with van der Waals surface area (Å²) in [5, 5.41) is 0. The lowest BCUT2D eigenvalue weighted by molar-refractivity contribution is -0.127. The van der Waals surface area contributed by atoms with E-state index in [0.717, 1.165) is 23.3 Å². The van der Waals surface area contributed by atoms with Crippen molar-refractivity contribution in [3.05, 3.63) is 21.4 Å². The molecule has 23 heavy (non-hydrogen) atoms. The first-order valence-electron chi connectivity index (χ1n) is 7.66. The summed E-state index contributed by atoms with van der Waals surface area (Å²) in [6.07, 6.45) is 2.27. The third-order valence-electron chi connectivity index (χ3n) is 3.97. The topological polar surface area (TPSA) is 105 Å². The van der Waals surface area contributed by atoms with Gasteiger partial charge in [0.25, 0.3) is 5.91 Å². The molecule has 1 atom stereocenters. The highest BCUT2D eigenvalue weighted by molar-refractivity contribution is 7.14. The van der Waals surface area contributed by atoms with Crippen LogP contribution in [0.4, 0.5) is 4.79 Å². The predicted molar refractivity (Wildman–Crippen MR) is 87.9 cm³/mol. The molecule has 0 aromatic carbocycles. The van der Waals surface area contributed by atoms with Crippen molar-refractivity contribution < 1.29 is 14.4 Å². The van der Waals surface area contributed by atoms with E-state index in [4.69, 9.17) is 5.73 Å². The lowest BCUT2D eigenvalue weighted by Gasteiger charge is -2.30. The number of primary amides is 1. The fraction of sp³-hybridized carbons (Fsp3) is 0.533. The van der Waals surface area contributed by atoms with Crippen molar-refractivity contribution >= 4 is 29.2 Å². The van der Waals surface area contributed by atoms with Gasteiger partial charge in [0.1, 0.15) is 0 Å². The molecule has 0 radical (unpaired) electrons. The summed E-state index contributed by atoms with van der Waals surface area (Å²) in [6, 6.07) is 1.30. The van der Waals surface area contributed by atoms with E-state index in [1.165, 1.54) is 16.2 Å². The number of carbonyl (C=O) groups is 3. The second-order valence-corrected chi connectivity index (χ2v) is 6.77. The van der Waals surface area contributed by atoms with Crippen LogP contribution in [0.1, 0.15) is 39.9 Å². The van der Waals surface area contributed by atoms with E-state index >= 15 is 0 Å². The van der Waals surface area contributed by atoms with Gasteiger partial charge in [-0.05, 0) is 37.8 Å². The zero-order valence-corrected chi connectivity index (χ0v) is 14.2. The van der Waals surface area contributed by atoms with Gasteiger partial charge in [0.05, 0.1) is 10.8 Å². The Morgan fingerprint density at radius 3 is 2.74 bits per heavy atom. The lowest BCUT2D eigenvalue weighted by atomic mass is 9.98. The van der Waals surface area contributed by atoms with Crippen molar-refractivity contribution in [3.63, 3.8) is 0 Å². The highest BCUT2D eigenvalue weighted by Crippen LogP contribution is 2.22. The Kier molecular flexibility index (Phi) is 5.59. The number of amides is 4. The highest BCUT2D eigenvalue weighted by Gasteiger charge is 2.27. The van der Waals surface area contributed by atoms with Gasteiger partial charge in [0.15, 0.2) is 0 Å². The lowest BCUT2D eigenvalue weighted by Crippen LogP contribution is -2.50. The average Bonchev–Trinajstić information content (AvgIpc) is 2.93. The molecule has 0 spiro atoms. The van der Waals surface area contributed by atoms with Crippen LogP contribution in [0.5, 0.6) is 0 Å². The molecule has 4 N–H and O–H groups in total. The van der Waals surface area contributed by atoms with Crippen molar-refractivity contribution in [2.45, 2.75) is 33.1 Å². The average molecular weight is 338 g/mol. The number of likely N-dealkylation sites (tertiary alicyclic amines) is 1. The van der Waals surface area contributed by atoms with Gasteiger partial charge >= 0.3 is 6.03 Å². The molecule has 1 saturated heterocycles. The number of hydrogen-bond donors (Lipinski definition) is 3. The van der Waals surface area contributed by atoms with Gasteiger partial charge in [-0.3, -0.25) is 20.4 Å². The number of hydrogen-bond acceptors (Lipinski definition) is 4. The monoisotopic (exact) mass is 338 g/mol. The van der Waals surface area contributed by atoms with Crippen LogP contribution in [-0.4, -0.2) is 35.8 Å². The largest absolute Gasteiger partial charge is 0.351 e. The molecule has 0 aliphatic carbocycles. The quantitative estimate of drug-likeness (QED) is 0.721. The summed E-state index contributed by atoms with van der Waals surface area (Å²) in [5.74, 6) is -0.977. The number of thiophene rings is 1.